The standard InChI is InChI=1S/C21H15FN4O3S3/c1-11-15-10-18(30-20(15)26(25-11)13-5-3-12(22)4-6-13)19(27)24-21-23-16-8-7-14(32(2,28)29)9-17(16)31-21/h3-10H,1-2H3,(H,23,24,27). The zero-order valence-electron chi connectivity index (χ0n) is 16.8. The molecule has 11 heteroatoms. The van der Waals surface area contributed by atoms with Gasteiger partial charge in [0.1, 0.15) is 10.6 Å². The highest BCUT2D eigenvalue weighted by Gasteiger charge is 2.19. The number of aryl methyl sites for hydroxylation is 1. The van der Waals surface area contributed by atoms with Gasteiger partial charge in [0.2, 0.25) is 0 Å². The molecule has 0 aliphatic rings. The number of fused-ring (bicyclic) bond motifs is 2. The predicted molar refractivity (Wildman–Crippen MR) is 124 cm³/mol. The average molecular weight is 487 g/mol. The third kappa shape index (κ3) is 3.68. The molecular formula is C21H15FN4O3S3. The normalized spacial score (nSPS) is 12.0. The molecule has 7 nitrogen and oxygen atoms in total. The molecule has 32 heavy (non-hydrogen) atoms. The van der Waals surface area contributed by atoms with Crippen molar-refractivity contribution in [2.45, 2.75) is 11.8 Å². The van der Waals surface area contributed by atoms with Crippen LogP contribution in [0.5, 0.6) is 0 Å². The van der Waals surface area contributed by atoms with Gasteiger partial charge in [-0.1, -0.05) is 11.3 Å². The van der Waals surface area contributed by atoms with Crippen LogP contribution in [0, 0.1) is 12.7 Å². The number of thiazole rings is 1. The van der Waals surface area contributed by atoms with Crippen LogP contribution in [-0.2, 0) is 9.84 Å². The Balaban J connectivity index is 1.46. The Morgan fingerprint density at radius 1 is 1.09 bits per heavy atom. The number of hydrogen-bond donors (Lipinski definition) is 1. The number of carbonyl (C=O) groups is 1. The average Bonchev–Trinajstić information content (AvgIpc) is 3.42. The highest BCUT2D eigenvalue weighted by molar-refractivity contribution is 7.90. The Kier molecular flexibility index (Phi) is 4.84. The number of sulfone groups is 1. The number of nitrogens with one attached hydrogen (secondary N) is 1. The predicted octanol–water partition coefficient (Wildman–Crippen LogP) is 4.80. The first-order chi connectivity index (χ1) is 15.2. The summed E-state index contributed by atoms with van der Waals surface area (Å²) in [4.78, 5) is 18.7. The molecule has 2 aromatic carbocycles. The van der Waals surface area contributed by atoms with E-state index in [1.165, 1.54) is 40.9 Å². The summed E-state index contributed by atoms with van der Waals surface area (Å²) in [5.41, 5.74) is 2.07. The maximum atomic E-state index is 13.3. The van der Waals surface area contributed by atoms with E-state index in [9.17, 15) is 17.6 Å². The van der Waals surface area contributed by atoms with Crippen LogP contribution >= 0.6 is 22.7 Å². The Labute approximate surface area is 190 Å². The maximum absolute atomic E-state index is 13.3. The summed E-state index contributed by atoms with van der Waals surface area (Å²) >= 11 is 2.48. The summed E-state index contributed by atoms with van der Waals surface area (Å²) in [5.74, 6) is -0.654. The van der Waals surface area contributed by atoms with E-state index in [0.717, 1.165) is 22.2 Å². The fraction of sp³-hybridized carbons (Fsp3) is 0.0952. The molecule has 0 spiro atoms. The van der Waals surface area contributed by atoms with Gasteiger partial charge in [-0.05, 0) is 55.5 Å². The van der Waals surface area contributed by atoms with Crippen molar-refractivity contribution in [2.75, 3.05) is 11.6 Å². The van der Waals surface area contributed by atoms with Crippen LogP contribution in [0.2, 0.25) is 0 Å². The fourth-order valence-electron chi connectivity index (χ4n) is 3.26. The number of amides is 1. The summed E-state index contributed by atoms with van der Waals surface area (Å²) in [6.07, 6.45) is 1.15. The number of thiophene rings is 1. The van der Waals surface area contributed by atoms with Gasteiger partial charge < -0.3 is 0 Å². The van der Waals surface area contributed by atoms with Crippen molar-refractivity contribution in [3.05, 3.63) is 64.9 Å². The Bertz CT molecular complexity index is 1620. The first-order valence-electron chi connectivity index (χ1n) is 9.36. The number of benzene rings is 2. The quantitative estimate of drug-likeness (QED) is 0.394. The van der Waals surface area contributed by atoms with E-state index in [1.54, 1.807) is 35.0 Å². The third-order valence-corrected chi connectivity index (χ3v) is 8.00. The number of carbonyl (C=O) groups excluding carboxylic acids is 1. The van der Waals surface area contributed by atoms with E-state index in [4.69, 9.17) is 0 Å². The summed E-state index contributed by atoms with van der Waals surface area (Å²) in [5, 5.41) is 8.52. The molecule has 3 heterocycles. The van der Waals surface area contributed by atoms with Crippen molar-refractivity contribution in [3.63, 3.8) is 0 Å². The SMILES string of the molecule is Cc1nn(-c2ccc(F)cc2)c2sc(C(=O)Nc3nc4ccc(S(C)(=O)=O)cc4s3)cc12. The summed E-state index contributed by atoms with van der Waals surface area (Å²) in [6.45, 7) is 1.85. The van der Waals surface area contributed by atoms with E-state index in [-0.39, 0.29) is 16.6 Å². The van der Waals surface area contributed by atoms with Gasteiger partial charge in [0, 0.05) is 11.6 Å². The number of aromatic nitrogens is 3. The van der Waals surface area contributed by atoms with Gasteiger partial charge in [-0.3, -0.25) is 10.1 Å². The molecule has 5 aromatic rings. The van der Waals surface area contributed by atoms with Crippen molar-refractivity contribution in [1.82, 2.24) is 14.8 Å². The number of hydrogen-bond acceptors (Lipinski definition) is 7. The van der Waals surface area contributed by atoms with Gasteiger partial charge >= 0.3 is 0 Å². The second-order valence-electron chi connectivity index (χ2n) is 7.18. The molecule has 0 saturated heterocycles. The number of nitrogens with zero attached hydrogens (tertiary/aromatic N) is 3. The molecular weight excluding hydrogens is 471 g/mol. The van der Waals surface area contributed by atoms with E-state index in [1.807, 2.05) is 6.92 Å². The minimum atomic E-state index is -3.33. The lowest BCUT2D eigenvalue weighted by molar-refractivity contribution is 0.103. The molecule has 0 aliphatic heterocycles. The summed E-state index contributed by atoms with van der Waals surface area (Å²) < 4.78 is 39.2. The minimum Gasteiger partial charge on any atom is -0.297 e. The van der Waals surface area contributed by atoms with E-state index >= 15 is 0 Å². The van der Waals surface area contributed by atoms with Crippen LogP contribution < -0.4 is 5.32 Å². The monoisotopic (exact) mass is 486 g/mol. The Morgan fingerprint density at radius 2 is 1.84 bits per heavy atom. The van der Waals surface area contributed by atoms with Gasteiger partial charge in [0.15, 0.2) is 15.0 Å². The molecule has 0 radical (unpaired) electrons. The lowest BCUT2D eigenvalue weighted by atomic mass is 10.3. The highest BCUT2D eigenvalue weighted by Crippen LogP contribution is 2.32. The van der Waals surface area contributed by atoms with Crippen LogP contribution in [0.4, 0.5) is 9.52 Å². The molecule has 162 valence electrons. The minimum absolute atomic E-state index is 0.205. The van der Waals surface area contributed by atoms with E-state index in [0.29, 0.717) is 25.9 Å². The lowest BCUT2D eigenvalue weighted by Crippen LogP contribution is -2.09. The van der Waals surface area contributed by atoms with Crippen molar-refractivity contribution in [1.29, 1.82) is 0 Å². The molecule has 0 atom stereocenters. The van der Waals surface area contributed by atoms with Crippen molar-refractivity contribution < 1.29 is 17.6 Å². The van der Waals surface area contributed by atoms with Crippen molar-refractivity contribution in [2.24, 2.45) is 0 Å². The molecule has 0 fully saturated rings. The highest BCUT2D eigenvalue weighted by atomic mass is 32.2. The molecule has 0 aliphatic carbocycles. The summed E-state index contributed by atoms with van der Waals surface area (Å²) in [7, 11) is -3.33. The second kappa shape index (κ2) is 7.47. The molecule has 3 aromatic heterocycles. The van der Waals surface area contributed by atoms with Crippen molar-refractivity contribution in [3.8, 4) is 5.69 Å². The van der Waals surface area contributed by atoms with Crippen LogP contribution in [0.1, 0.15) is 15.4 Å². The van der Waals surface area contributed by atoms with Crippen LogP contribution in [0.3, 0.4) is 0 Å². The Morgan fingerprint density at radius 3 is 2.56 bits per heavy atom. The zero-order valence-corrected chi connectivity index (χ0v) is 19.2. The lowest BCUT2D eigenvalue weighted by Gasteiger charge is -2.02. The van der Waals surface area contributed by atoms with Gasteiger partial charge in [-0.15, -0.1) is 11.3 Å². The maximum Gasteiger partial charge on any atom is 0.267 e. The molecule has 0 bridgehead atoms. The zero-order chi connectivity index (χ0) is 22.6. The smallest absolute Gasteiger partial charge is 0.267 e. The van der Waals surface area contributed by atoms with Crippen molar-refractivity contribution >= 4 is 64.0 Å². The van der Waals surface area contributed by atoms with Gasteiger partial charge in [0.25, 0.3) is 5.91 Å². The van der Waals surface area contributed by atoms with Gasteiger partial charge in [-0.25, -0.2) is 22.5 Å². The Hall–Kier alpha value is -3.15. The van der Waals surface area contributed by atoms with Crippen LogP contribution in [-0.4, -0.2) is 35.3 Å². The second-order valence-corrected chi connectivity index (χ2v) is 11.3. The van der Waals surface area contributed by atoms with Crippen LogP contribution in [0.25, 0.3) is 26.1 Å². The molecule has 0 saturated carbocycles. The molecule has 0 unspecified atom stereocenters. The fourth-order valence-corrected chi connectivity index (χ4v) is 5.96. The number of anilines is 1. The first kappa shape index (κ1) is 20.7. The molecule has 1 amide bonds. The van der Waals surface area contributed by atoms with Gasteiger partial charge in [0.05, 0.1) is 31.4 Å². The molecule has 5 rings (SSSR count). The largest absolute Gasteiger partial charge is 0.297 e. The molecule has 1 N–H and O–H groups in total. The van der Waals surface area contributed by atoms with Gasteiger partial charge in [-0.2, -0.15) is 5.10 Å². The third-order valence-electron chi connectivity index (χ3n) is 4.85. The first-order valence-corrected chi connectivity index (χ1v) is 12.9. The van der Waals surface area contributed by atoms with Crippen LogP contribution in [0.15, 0.2) is 53.4 Å². The number of halogens is 1. The van der Waals surface area contributed by atoms with E-state index < -0.39 is 9.84 Å². The number of rotatable bonds is 4. The van der Waals surface area contributed by atoms with E-state index in [2.05, 4.69) is 15.4 Å². The summed E-state index contributed by atoms with van der Waals surface area (Å²) in [6, 6.07) is 12.4. The topological polar surface area (TPSA) is 93.9 Å².